The number of benzene rings is 2. The summed E-state index contributed by atoms with van der Waals surface area (Å²) in [5.41, 5.74) is 0.726. The van der Waals surface area contributed by atoms with Gasteiger partial charge in [-0.25, -0.2) is 18.6 Å². The summed E-state index contributed by atoms with van der Waals surface area (Å²) in [4.78, 5) is 16.1. The van der Waals surface area contributed by atoms with E-state index in [1.165, 1.54) is 26.4 Å². The first-order valence-electron chi connectivity index (χ1n) is 7.22. The number of cyclic esters (lactones) is 1. The van der Waals surface area contributed by atoms with E-state index >= 15 is 0 Å². The highest BCUT2D eigenvalue weighted by molar-refractivity contribution is 6.12. The van der Waals surface area contributed by atoms with Crippen molar-refractivity contribution in [2.75, 3.05) is 14.2 Å². The highest BCUT2D eigenvalue weighted by Crippen LogP contribution is 2.28. The van der Waals surface area contributed by atoms with Crippen molar-refractivity contribution in [3.63, 3.8) is 0 Å². The van der Waals surface area contributed by atoms with E-state index in [9.17, 15) is 13.6 Å². The van der Waals surface area contributed by atoms with Gasteiger partial charge in [0.1, 0.15) is 11.5 Å². The highest BCUT2D eigenvalue weighted by Gasteiger charge is 2.25. The predicted molar refractivity (Wildman–Crippen MR) is 86.5 cm³/mol. The molecule has 1 aliphatic heterocycles. The lowest BCUT2D eigenvalue weighted by Gasteiger charge is -2.07. The zero-order valence-electron chi connectivity index (χ0n) is 13.4. The fourth-order valence-corrected chi connectivity index (χ4v) is 2.26. The molecule has 1 aliphatic rings. The molecule has 3 rings (SSSR count). The molecule has 0 N–H and O–H groups in total. The van der Waals surface area contributed by atoms with Crippen molar-refractivity contribution in [3.05, 3.63) is 64.9 Å². The summed E-state index contributed by atoms with van der Waals surface area (Å²) in [5.74, 6) is -1.77. The minimum absolute atomic E-state index is 0.00582. The number of rotatable bonds is 4. The van der Waals surface area contributed by atoms with Gasteiger partial charge in [-0.1, -0.05) is 0 Å². The Morgan fingerprint density at radius 2 is 1.84 bits per heavy atom. The molecule has 2 aromatic rings. The molecular formula is C18H13F2NO4. The number of carbonyl (C=O) groups excluding carboxylic acids is 1. The molecule has 0 saturated carbocycles. The van der Waals surface area contributed by atoms with Crippen LogP contribution in [0, 0.1) is 11.6 Å². The van der Waals surface area contributed by atoms with E-state index in [1.807, 2.05) is 0 Å². The number of ether oxygens (including phenoxy) is 3. The summed E-state index contributed by atoms with van der Waals surface area (Å²) >= 11 is 0. The molecule has 0 unspecified atom stereocenters. The van der Waals surface area contributed by atoms with Gasteiger partial charge in [0.15, 0.2) is 17.3 Å². The zero-order chi connectivity index (χ0) is 18.0. The Morgan fingerprint density at radius 3 is 2.52 bits per heavy atom. The molecule has 128 valence electrons. The first-order valence-corrected chi connectivity index (χ1v) is 7.22. The summed E-state index contributed by atoms with van der Waals surface area (Å²) in [6.07, 6.45) is 1.47. The van der Waals surface area contributed by atoms with E-state index in [4.69, 9.17) is 14.2 Å². The Hall–Kier alpha value is -3.22. The lowest BCUT2D eigenvalue weighted by atomic mass is 10.1. The summed E-state index contributed by atoms with van der Waals surface area (Å²) < 4.78 is 41.8. The van der Waals surface area contributed by atoms with Crippen molar-refractivity contribution in [3.8, 4) is 11.5 Å². The Balaban J connectivity index is 2.00. The average molecular weight is 345 g/mol. The van der Waals surface area contributed by atoms with Crippen LogP contribution in [0.25, 0.3) is 6.08 Å². The number of aliphatic imine (C=N–C) groups is 1. The number of hydrogen-bond acceptors (Lipinski definition) is 5. The zero-order valence-corrected chi connectivity index (χ0v) is 13.4. The lowest BCUT2D eigenvalue weighted by molar-refractivity contribution is -0.129. The van der Waals surface area contributed by atoms with Crippen molar-refractivity contribution in [2.45, 2.75) is 0 Å². The third kappa shape index (κ3) is 3.35. The number of methoxy groups -OCH3 is 2. The second-order valence-corrected chi connectivity index (χ2v) is 5.07. The van der Waals surface area contributed by atoms with Gasteiger partial charge >= 0.3 is 5.97 Å². The third-order valence-electron chi connectivity index (χ3n) is 3.52. The van der Waals surface area contributed by atoms with Gasteiger partial charge in [0.05, 0.1) is 14.2 Å². The van der Waals surface area contributed by atoms with Crippen molar-refractivity contribution in [1.82, 2.24) is 0 Å². The molecule has 0 aromatic heterocycles. The van der Waals surface area contributed by atoms with Gasteiger partial charge in [0, 0.05) is 11.1 Å². The molecule has 0 spiro atoms. The van der Waals surface area contributed by atoms with Crippen LogP contribution in [0.15, 0.2) is 47.1 Å². The topological polar surface area (TPSA) is 57.1 Å². The fourth-order valence-electron chi connectivity index (χ4n) is 2.26. The Morgan fingerprint density at radius 1 is 1.04 bits per heavy atom. The fraction of sp³-hybridized carbons (Fsp3) is 0.111. The van der Waals surface area contributed by atoms with Crippen LogP contribution in [-0.4, -0.2) is 26.1 Å². The molecule has 0 fully saturated rings. The van der Waals surface area contributed by atoms with E-state index in [1.54, 1.807) is 18.2 Å². The molecule has 0 amide bonds. The number of esters is 1. The monoisotopic (exact) mass is 345 g/mol. The number of hydrogen-bond donors (Lipinski definition) is 0. The molecule has 0 bridgehead atoms. The first kappa shape index (κ1) is 16.6. The lowest BCUT2D eigenvalue weighted by Crippen LogP contribution is -2.06. The van der Waals surface area contributed by atoms with Crippen LogP contribution in [0.4, 0.5) is 8.78 Å². The molecule has 0 aliphatic carbocycles. The molecule has 0 radical (unpaired) electrons. The Bertz CT molecular complexity index is 906. The molecule has 1 heterocycles. The third-order valence-corrected chi connectivity index (χ3v) is 3.52. The maximum absolute atomic E-state index is 13.3. The van der Waals surface area contributed by atoms with E-state index in [2.05, 4.69) is 4.99 Å². The molecule has 2 aromatic carbocycles. The minimum Gasteiger partial charge on any atom is -0.497 e. The molecule has 5 nitrogen and oxygen atoms in total. The van der Waals surface area contributed by atoms with Crippen LogP contribution in [-0.2, 0) is 9.53 Å². The molecular weight excluding hydrogens is 332 g/mol. The van der Waals surface area contributed by atoms with Gasteiger partial charge in [0.25, 0.3) is 0 Å². The summed E-state index contributed by atoms with van der Waals surface area (Å²) in [6, 6.07) is 8.20. The normalized spacial score (nSPS) is 15.1. The maximum Gasteiger partial charge on any atom is 0.363 e. The van der Waals surface area contributed by atoms with Gasteiger partial charge in [-0.3, -0.25) is 0 Å². The minimum atomic E-state index is -1.05. The van der Waals surface area contributed by atoms with E-state index in [0.29, 0.717) is 17.1 Å². The number of carbonyl (C=O) groups is 1. The number of halogens is 2. The summed E-state index contributed by atoms with van der Waals surface area (Å²) in [7, 11) is 3.01. The summed E-state index contributed by atoms with van der Waals surface area (Å²) in [5, 5.41) is 0. The molecule has 25 heavy (non-hydrogen) atoms. The van der Waals surface area contributed by atoms with E-state index in [0.717, 1.165) is 12.1 Å². The highest BCUT2D eigenvalue weighted by atomic mass is 19.2. The van der Waals surface area contributed by atoms with Crippen molar-refractivity contribution >= 4 is 17.9 Å². The Kier molecular flexibility index (Phi) is 4.47. The largest absolute Gasteiger partial charge is 0.497 e. The average Bonchev–Trinajstić information content (AvgIpc) is 2.98. The van der Waals surface area contributed by atoms with E-state index < -0.39 is 17.6 Å². The van der Waals surface area contributed by atoms with E-state index in [-0.39, 0.29) is 17.2 Å². The second kappa shape index (κ2) is 6.72. The maximum atomic E-state index is 13.3. The van der Waals surface area contributed by atoms with Crippen molar-refractivity contribution in [2.24, 2.45) is 4.99 Å². The second-order valence-electron chi connectivity index (χ2n) is 5.07. The smallest absolute Gasteiger partial charge is 0.363 e. The standard InChI is InChI=1S/C18H13F2NO4/c1-23-12-4-6-16(24-2)11(7-12)9-15-18(22)25-17(21-15)10-3-5-13(19)14(20)8-10/h3-9H,1-2H3/b15-9-. The predicted octanol–water partition coefficient (Wildman–Crippen LogP) is 3.33. The molecule has 0 atom stereocenters. The van der Waals surface area contributed by atoms with Gasteiger partial charge in [-0.05, 0) is 42.5 Å². The SMILES string of the molecule is COc1ccc(OC)c(/C=C2\N=C(c3ccc(F)c(F)c3)OC2=O)c1. The van der Waals surface area contributed by atoms with Crippen molar-refractivity contribution < 1.29 is 27.8 Å². The van der Waals surface area contributed by atoms with Gasteiger partial charge < -0.3 is 14.2 Å². The van der Waals surface area contributed by atoms with Gasteiger partial charge in [-0.2, -0.15) is 0 Å². The van der Waals surface area contributed by atoms with Gasteiger partial charge in [0.2, 0.25) is 5.90 Å². The summed E-state index contributed by atoms with van der Waals surface area (Å²) in [6.45, 7) is 0. The van der Waals surface area contributed by atoms with Crippen molar-refractivity contribution in [1.29, 1.82) is 0 Å². The number of nitrogens with zero attached hydrogens (tertiary/aromatic N) is 1. The quantitative estimate of drug-likeness (QED) is 0.630. The molecule has 7 heteroatoms. The van der Waals surface area contributed by atoms with Crippen LogP contribution in [0.3, 0.4) is 0 Å². The van der Waals surface area contributed by atoms with Gasteiger partial charge in [-0.15, -0.1) is 0 Å². The molecule has 0 saturated heterocycles. The first-order chi connectivity index (χ1) is 12.0. The van der Waals surface area contributed by atoms with Crippen LogP contribution in [0.5, 0.6) is 11.5 Å². The van der Waals surface area contributed by atoms with Crippen LogP contribution < -0.4 is 9.47 Å². The van der Waals surface area contributed by atoms with Crippen LogP contribution >= 0.6 is 0 Å². The van der Waals surface area contributed by atoms with Crippen LogP contribution in [0.1, 0.15) is 11.1 Å². The Labute approximate surface area is 142 Å². The van der Waals surface area contributed by atoms with Crippen LogP contribution in [0.2, 0.25) is 0 Å².